The average Bonchev–Trinajstić information content (AvgIpc) is 2.99. The lowest BCUT2D eigenvalue weighted by Gasteiger charge is -2.11. The molecule has 4 rings (SSSR count). The molecule has 0 unspecified atom stereocenters. The number of aromatic nitrogens is 1. The fraction of sp³-hybridized carbons (Fsp3) is 0.263. The Balaban J connectivity index is 1.72. The van der Waals surface area contributed by atoms with Crippen LogP contribution in [-0.4, -0.2) is 19.7 Å². The van der Waals surface area contributed by atoms with Crippen LogP contribution < -0.4 is 4.72 Å². The summed E-state index contributed by atoms with van der Waals surface area (Å²) in [5, 5.41) is 1.04. The molecular weight excluding hydrogens is 352 g/mol. The smallest absolute Gasteiger partial charge is 0.261 e. The summed E-state index contributed by atoms with van der Waals surface area (Å²) in [5.74, 6) is 0. The summed E-state index contributed by atoms with van der Waals surface area (Å²) >= 11 is 1.58. The highest BCUT2D eigenvalue weighted by atomic mass is 32.2. The highest BCUT2D eigenvalue weighted by molar-refractivity contribution is 7.98. The molecule has 0 atom stereocenters. The molecule has 1 aromatic heterocycles. The van der Waals surface area contributed by atoms with E-state index in [0.717, 1.165) is 35.1 Å². The first-order chi connectivity index (χ1) is 12.1. The first-order valence-corrected chi connectivity index (χ1v) is 11.1. The van der Waals surface area contributed by atoms with Crippen molar-refractivity contribution >= 4 is 38.4 Å². The van der Waals surface area contributed by atoms with Gasteiger partial charge in [0.05, 0.1) is 4.90 Å². The van der Waals surface area contributed by atoms with Gasteiger partial charge in [0.15, 0.2) is 0 Å². The van der Waals surface area contributed by atoms with Gasteiger partial charge in [0.1, 0.15) is 0 Å². The van der Waals surface area contributed by atoms with E-state index in [1.807, 2.05) is 30.5 Å². The number of H-pyrrole nitrogens is 1. The monoisotopic (exact) mass is 372 g/mol. The van der Waals surface area contributed by atoms with Gasteiger partial charge in [0.2, 0.25) is 0 Å². The molecule has 0 saturated heterocycles. The Labute approximate surface area is 152 Å². The Bertz CT molecular complexity index is 1040. The van der Waals surface area contributed by atoms with Gasteiger partial charge in [-0.15, -0.1) is 11.8 Å². The summed E-state index contributed by atoms with van der Waals surface area (Å²) in [6.07, 6.45) is 6.39. The van der Waals surface area contributed by atoms with Gasteiger partial charge in [-0.1, -0.05) is 6.07 Å². The second kappa shape index (κ2) is 6.42. The van der Waals surface area contributed by atoms with Crippen LogP contribution in [0.5, 0.6) is 0 Å². The molecular formula is C19H20N2O2S2. The molecule has 0 spiro atoms. The number of nitrogens with one attached hydrogen (secondary N) is 2. The number of benzene rings is 2. The van der Waals surface area contributed by atoms with Gasteiger partial charge in [0.25, 0.3) is 10.0 Å². The van der Waals surface area contributed by atoms with Gasteiger partial charge in [-0.2, -0.15) is 0 Å². The van der Waals surface area contributed by atoms with Crippen molar-refractivity contribution in [3.63, 3.8) is 0 Å². The van der Waals surface area contributed by atoms with Crippen LogP contribution in [0.1, 0.15) is 24.1 Å². The number of thioether (sulfide) groups is 1. The zero-order valence-corrected chi connectivity index (χ0v) is 15.6. The number of aryl methyl sites for hydroxylation is 2. The second-order valence-corrected chi connectivity index (χ2v) is 8.90. The molecule has 6 heteroatoms. The molecule has 1 aliphatic carbocycles. The fourth-order valence-corrected chi connectivity index (χ4v) is 4.99. The third-order valence-electron chi connectivity index (χ3n) is 4.70. The molecule has 130 valence electrons. The van der Waals surface area contributed by atoms with Gasteiger partial charge < -0.3 is 4.98 Å². The number of aromatic amines is 1. The van der Waals surface area contributed by atoms with Crippen molar-refractivity contribution in [2.45, 2.75) is 35.5 Å². The molecule has 0 aliphatic heterocycles. The molecule has 0 fully saturated rings. The standard InChI is InChI=1S/C19H20N2O2S2/c1-24-14-6-4-5-13(11-14)21-25(22,23)15-9-10-19-17(12-15)16-7-2-3-8-18(16)20-19/h4-6,9-12,20-21H,2-3,7-8H2,1H3. The van der Waals surface area contributed by atoms with Crippen LogP contribution in [-0.2, 0) is 22.9 Å². The molecule has 4 nitrogen and oxygen atoms in total. The molecule has 2 aromatic carbocycles. The van der Waals surface area contributed by atoms with Gasteiger partial charge in [-0.25, -0.2) is 8.42 Å². The third kappa shape index (κ3) is 3.16. The molecule has 25 heavy (non-hydrogen) atoms. The van der Waals surface area contributed by atoms with E-state index in [1.165, 1.54) is 17.7 Å². The Morgan fingerprint density at radius 1 is 1.08 bits per heavy atom. The lowest BCUT2D eigenvalue weighted by atomic mass is 9.96. The summed E-state index contributed by atoms with van der Waals surface area (Å²) in [6.45, 7) is 0. The van der Waals surface area contributed by atoms with E-state index < -0.39 is 10.0 Å². The number of hydrogen-bond donors (Lipinski definition) is 2. The van der Waals surface area contributed by atoms with Crippen LogP contribution in [0.25, 0.3) is 10.9 Å². The minimum atomic E-state index is -3.61. The van der Waals surface area contributed by atoms with Gasteiger partial charge in [-0.05, 0) is 73.9 Å². The van der Waals surface area contributed by atoms with E-state index in [4.69, 9.17) is 0 Å². The molecule has 0 amide bonds. The minimum absolute atomic E-state index is 0.307. The van der Waals surface area contributed by atoms with E-state index in [-0.39, 0.29) is 0 Å². The van der Waals surface area contributed by atoms with Crippen molar-refractivity contribution in [3.8, 4) is 0 Å². The maximum Gasteiger partial charge on any atom is 0.261 e. The highest BCUT2D eigenvalue weighted by Gasteiger charge is 2.19. The quantitative estimate of drug-likeness (QED) is 0.660. The molecule has 2 N–H and O–H groups in total. The van der Waals surface area contributed by atoms with Crippen LogP contribution in [0.15, 0.2) is 52.3 Å². The van der Waals surface area contributed by atoms with Gasteiger partial charge >= 0.3 is 0 Å². The Morgan fingerprint density at radius 3 is 2.76 bits per heavy atom. The van der Waals surface area contributed by atoms with Crippen LogP contribution in [0.4, 0.5) is 5.69 Å². The largest absolute Gasteiger partial charge is 0.358 e. The van der Waals surface area contributed by atoms with Crippen molar-refractivity contribution < 1.29 is 8.42 Å². The van der Waals surface area contributed by atoms with E-state index in [1.54, 1.807) is 30.0 Å². The van der Waals surface area contributed by atoms with Crippen molar-refractivity contribution in [2.75, 3.05) is 11.0 Å². The lowest BCUT2D eigenvalue weighted by molar-refractivity contribution is 0.601. The van der Waals surface area contributed by atoms with Crippen molar-refractivity contribution in [3.05, 3.63) is 53.7 Å². The van der Waals surface area contributed by atoms with Crippen molar-refractivity contribution in [2.24, 2.45) is 0 Å². The Kier molecular flexibility index (Phi) is 4.25. The first-order valence-electron chi connectivity index (χ1n) is 8.37. The zero-order valence-electron chi connectivity index (χ0n) is 14.0. The number of sulfonamides is 1. The maximum atomic E-state index is 12.8. The molecule has 0 radical (unpaired) electrons. The van der Waals surface area contributed by atoms with Crippen LogP contribution >= 0.6 is 11.8 Å². The predicted molar refractivity (Wildman–Crippen MR) is 104 cm³/mol. The lowest BCUT2D eigenvalue weighted by Crippen LogP contribution is -2.12. The van der Waals surface area contributed by atoms with Crippen molar-refractivity contribution in [1.29, 1.82) is 0 Å². The Hall–Kier alpha value is -1.92. The number of rotatable bonds is 4. The number of fused-ring (bicyclic) bond motifs is 3. The topological polar surface area (TPSA) is 62.0 Å². The SMILES string of the molecule is CSc1cccc(NS(=O)(=O)c2ccc3[nH]c4c(c3c2)CCCC4)c1. The summed E-state index contributed by atoms with van der Waals surface area (Å²) < 4.78 is 28.3. The van der Waals surface area contributed by atoms with Crippen LogP contribution in [0, 0.1) is 0 Å². The molecule has 0 bridgehead atoms. The molecule has 0 saturated carbocycles. The highest BCUT2D eigenvalue weighted by Crippen LogP contribution is 2.31. The molecule has 1 heterocycles. The number of hydrogen-bond acceptors (Lipinski definition) is 3. The molecule has 3 aromatic rings. The first kappa shape index (κ1) is 16.5. The van der Waals surface area contributed by atoms with E-state index in [0.29, 0.717) is 10.6 Å². The van der Waals surface area contributed by atoms with Gasteiger partial charge in [0, 0.05) is 27.2 Å². The zero-order chi connectivity index (χ0) is 17.4. The number of anilines is 1. The van der Waals surface area contributed by atoms with Crippen LogP contribution in [0.2, 0.25) is 0 Å². The predicted octanol–water partition coefficient (Wildman–Crippen LogP) is 4.57. The third-order valence-corrected chi connectivity index (χ3v) is 6.81. The van der Waals surface area contributed by atoms with Gasteiger partial charge in [-0.3, -0.25) is 4.72 Å². The van der Waals surface area contributed by atoms with E-state index in [9.17, 15) is 8.42 Å². The molecule has 1 aliphatic rings. The van der Waals surface area contributed by atoms with Crippen LogP contribution in [0.3, 0.4) is 0 Å². The normalized spacial score (nSPS) is 14.4. The summed E-state index contributed by atoms with van der Waals surface area (Å²) in [6, 6.07) is 12.8. The minimum Gasteiger partial charge on any atom is -0.358 e. The fourth-order valence-electron chi connectivity index (χ4n) is 3.45. The Morgan fingerprint density at radius 2 is 1.92 bits per heavy atom. The van der Waals surface area contributed by atoms with E-state index >= 15 is 0 Å². The summed E-state index contributed by atoms with van der Waals surface area (Å²) in [4.78, 5) is 4.77. The average molecular weight is 373 g/mol. The maximum absolute atomic E-state index is 12.8. The van der Waals surface area contributed by atoms with Crippen molar-refractivity contribution in [1.82, 2.24) is 4.98 Å². The summed E-state index contributed by atoms with van der Waals surface area (Å²) in [5.41, 5.74) is 4.15. The summed E-state index contributed by atoms with van der Waals surface area (Å²) in [7, 11) is -3.61. The van der Waals surface area contributed by atoms with E-state index in [2.05, 4.69) is 9.71 Å². The second-order valence-electron chi connectivity index (χ2n) is 6.33.